The average molecular weight is 508 g/mol. The third-order valence-electron chi connectivity index (χ3n) is 6.87. The minimum absolute atomic E-state index is 0.202. The van der Waals surface area contributed by atoms with Crippen LogP contribution < -0.4 is 10.1 Å². The van der Waals surface area contributed by atoms with E-state index in [2.05, 4.69) is 15.3 Å². The molecule has 1 aliphatic carbocycles. The van der Waals surface area contributed by atoms with E-state index in [4.69, 9.17) is 9.47 Å². The van der Waals surface area contributed by atoms with Crippen molar-refractivity contribution >= 4 is 11.7 Å². The van der Waals surface area contributed by atoms with Crippen molar-refractivity contribution in [3.8, 4) is 5.75 Å². The van der Waals surface area contributed by atoms with Crippen molar-refractivity contribution in [2.45, 2.75) is 57.8 Å². The number of hydrogen-bond acceptors (Lipinski definition) is 6. The van der Waals surface area contributed by atoms with Crippen molar-refractivity contribution in [1.82, 2.24) is 9.97 Å². The molecule has 38 heavy (non-hydrogen) atoms. The molecule has 0 aliphatic heterocycles. The summed E-state index contributed by atoms with van der Waals surface area (Å²) in [6.45, 7) is 1.07. The lowest BCUT2D eigenvalue weighted by atomic mass is 9.87. The molecule has 0 unspecified atom stereocenters. The van der Waals surface area contributed by atoms with E-state index in [1.165, 1.54) is 32.1 Å². The maximum Gasteiger partial charge on any atom is 0.342 e. The summed E-state index contributed by atoms with van der Waals surface area (Å²) in [6, 6.07) is 25.0. The Morgan fingerprint density at radius 2 is 1.53 bits per heavy atom. The van der Waals surface area contributed by atoms with Crippen LogP contribution in [0.25, 0.3) is 0 Å². The van der Waals surface area contributed by atoms with Crippen molar-refractivity contribution in [3.05, 3.63) is 119 Å². The first kappa shape index (κ1) is 25.5. The molecule has 0 amide bonds. The Hall–Kier alpha value is -4.19. The first-order valence-electron chi connectivity index (χ1n) is 13.3. The quantitative estimate of drug-likeness (QED) is 0.231. The number of nitrogens with zero attached hydrogens (tertiary/aromatic N) is 2. The van der Waals surface area contributed by atoms with Gasteiger partial charge in [0.1, 0.15) is 24.5 Å². The van der Waals surface area contributed by atoms with E-state index in [9.17, 15) is 4.79 Å². The summed E-state index contributed by atoms with van der Waals surface area (Å²) < 4.78 is 11.7. The van der Waals surface area contributed by atoms with Crippen LogP contribution in [0.3, 0.4) is 0 Å². The van der Waals surface area contributed by atoms with Gasteiger partial charge in [0.2, 0.25) is 0 Å². The van der Waals surface area contributed by atoms with Crippen LogP contribution in [0.15, 0.2) is 91.3 Å². The lowest BCUT2D eigenvalue weighted by Gasteiger charge is -2.20. The van der Waals surface area contributed by atoms with Crippen LogP contribution in [0.1, 0.15) is 70.9 Å². The van der Waals surface area contributed by atoms with Crippen molar-refractivity contribution in [2.75, 3.05) is 5.32 Å². The van der Waals surface area contributed by atoms with E-state index in [0.717, 1.165) is 28.2 Å². The molecule has 1 aromatic heterocycles. The first-order chi connectivity index (χ1) is 18.7. The Morgan fingerprint density at radius 1 is 0.816 bits per heavy atom. The number of ether oxygens (including phenoxy) is 2. The van der Waals surface area contributed by atoms with E-state index in [0.29, 0.717) is 30.4 Å². The number of anilines is 1. The van der Waals surface area contributed by atoms with Crippen LogP contribution in [0.4, 0.5) is 5.69 Å². The zero-order chi connectivity index (χ0) is 26.0. The van der Waals surface area contributed by atoms with Crippen molar-refractivity contribution in [1.29, 1.82) is 0 Å². The van der Waals surface area contributed by atoms with Gasteiger partial charge < -0.3 is 14.8 Å². The van der Waals surface area contributed by atoms with Crippen molar-refractivity contribution in [2.24, 2.45) is 0 Å². The molecular formula is C32H33N3O3. The molecule has 4 aromatic rings. The van der Waals surface area contributed by atoms with Crippen LogP contribution >= 0.6 is 0 Å². The highest BCUT2D eigenvalue weighted by Gasteiger charge is 2.18. The molecule has 1 heterocycles. The summed E-state index contributed by atoms with van der Waals surface area (Å²) in [4.78, 5) is 22.3. The summed E-state index contributed by atoms with van der Waals surface area (Å²) in [5.74, 6) is 0.583. The lowest BCUT2D eigenvalue weighted by molar-refractivity contribution is 0.0467. The lowest BCUT2D eigenvalue weighted by Crippen LogP contribution is -2.10. The van der Waals surface area contributed by atoms with Gasteiger partial charge >= 0.3 is 5.97 Å². The maximum atomic E-state index is 13.0. The third kappa shape index (κ3) is 6.97. The monoisotopic (exact) mass is 507 g/mol. The first-order valence-corrected chi connectivity index (χ1v) is 13.3. The van der Waals surface area contributed by atoms with Gasteiger partial charge in [-0.05, 0) is 36.1 Å². The number of carbonyl (C=O) groups is 1. The van der Waals surface area contributed by atoms with Crippen LogP contribution in [0.2, 0.25) is 0 Å². The minimum atomic E-state index is -0.423. The van der Waals surface area contributed by atoms with Gasteiger partial charge in [-0.1, -0.05) is 79.9 Å². The zero-order valence-corrected chi connectivity index (χ0v) is 21.5. The summed E-state index contributed by atoms with van der Waals surface area (Å²) in [5, 5.41) is 3.39. The Balaban J connectivity index is 1.26. The van der Waals surface area contributed by atoms with Gasteiger partial charge in [-0.3, -0.25) is 9.97 Å². The second kappa shape index (κ2) is 12.9. The molecule has 1 fully saturated rings. The number of benzene rings is 3. The average Bonchev–Trinajstić information content (AvgIpc) is 2.99. The Bertz CT molecular complexity index is 1310. The number of esters is 1. The number of hydrogen-bond donors (Lipinski definition) is 1. The summed E-state index contributed by atoms with van der Waals surface area (Å²) in [6.07, 6.45) is 10.1. The highest BCUT2D eigenvalue weighted by molar-refractivity contribution is 5.93. The number of nitrogens with one attached hydrogen (secondary N) is 1. The molecule has 6 nitrogen and oxygen atoms in total. The number of rotatable bonds is 10. The third-order valence-corrected chi connectivity index (χ3v) is 6.87. The predicted molar refractivity (Wildman–Crippen MR) is 148 cm³/mol. The second-order valence-corrected chi connectivity index (χ2v) is 9.67. The number of aromatic nitrogens is 2. The topological polar surface area (TPSA) is 73.3 Å². The minimum Gasteiger partial charge on any atom is -0.488 e. The van der Waals surface area contributed by atoms with Crippen LogP contribution in [0, 0.1) is 0 Å². The van der Waals surface area contributed by atoms with Crippen molar-refractivity contribution < 1.29 is 14.3 Å². The van der Waals surface area contributed by atoms with Gasteiger partial charge in [0.15, 0.2) is 0 Å². The molecule has 194 valence electrons. The largest absolute Gasteiger partial charge is 0.488 e. The van der Waals surface area contributed by atoms with Gasteiger partial charge in [-0.25, -0.2) is 4.79 Å². The van der Waals surface area contributed by atoms with Crippen LogP contribution in [-0.2, 0) is 24.5 Å². The van der Waals surface area contributed by atoms with Crippen molar-refractivity contribution in [3.63, 3.8) is 0 Å². The maximum absolute atomic E-state index is 13.0. The summed E-state index contributed by atoms with van der Waals surface area (Å²) >= 11 is 0. The van der Waals surface area contributed by atoms with Gasteiger partial charge in [0, 0.05) is 23.9 Å². The van der Waals surface area contributed by atoms with Gasteiger partial charge in [-0.15, -0.1) is 0 Å². The van der Waals surface area contributed by atoms with E-state index in [1.807, 2.05) is 85.2 Å². The smallest absolute Gasteiger partial charge is 0.342 e. The molecule has 6 heteroatoms. The molecule has 0 radical (unpaired) electrons. The normalized spacial score (nSPS) is 13.6. The summed E-state index contributed by atoms with van der Waals surface area (Å²) in [7, 11) is 0. The molecule has 1 saturated carbocycles. The van der Waals surface area contributed by atoms with Crippen LogP contribution in [-0.4, -0.2) is 15.9 Å². The fraction of sp³-hybridized carbons (Fsp3) is 0.281. The summed E-state index contributed by atoms with van der Waals surface area (Å²) in [5.41, 5.74) is 5.13. The molecule has 0 saturated heterocycles. The molecule has 5 rings (SSSR count). The van der Waals surface area contributed by atoms with E-state index >= 15 is 0 Å². The highest BCUT2D eigenvalue weighted by Crippen LogP contribution is 2.31. The molecular weight excluding hydrogens is 474 g/mol. The van der Waals surface area contributed by atoms with E-state index < -0.39 is 5.97 Å². The molecule has 0 bridgehead atoms. The fourth-order valence-corrected chi connectivity index (χ4v) is 4.71. The molecule has 0 spiro atoms. The van der Waals surface area contributed by atoms with E-state index in [-0.39, 0.29) is 6.61 Å². The molecule has 1 N–H and O–H groups in total. The molecule has 1 aliphatic rings. The standard InChI is InChI=1S/C32H33N3O3/c36-32(38-23-25-12-6-2-7-13-25)29-17-16-27(18-31(29)37-22-24-10-4-1-5-11-24)33-19-28-20-35-30(21-34-28)26-14-8-3-9-15-26/h1-2,4-7,10-13,16-18,20-21,26,33H,3,8-9,14-15,19,22-23H2. The molecule has 0 atom stereocenters. The second-order valence-electron chi connectivity index (χ2n) is 9.67. The SMILES string of the molecule is O=C(OCc1ccccc1)c1ccc(NCc2cnc(C3CCCCC3)cn2)cc1OCc1ccccc1. The fourth-order valence-electron chi connectivity index (χ4n) is 4.71. The Labute approximate surface area is 224 Å². The Kier molecular flexibility index (Phi) is 8.62. The van der Waals surface area contributed by atoms with Gasteiger partial charge in [-0.2, -0.15) is 0 Å². The molecule has 3 aromatic carbocycles. The van der Waals surface area contributed by atoms with Gasteiger partial charge in [0.05, 0.1) is 24.1 Å². The van der Waals surface area contributed by atoms with Crippen LogP contribution in [0.5, 0.6) is 5.75 Å². The van der Waals surface area contributed by atoms with Gasteiger partial charge in [0.25, 0.3) is 0 Å². The zero-order valence-electron chi connectivity index (χ0n) is 21.5. The Morgan fingerprint density at radius 3 is 2.21 bits per heavy atom. The number of carbonyl (C=O) groups excluding carboxylic acids is 1. The predicted octanol–water partition coefficient (Wildman–Crippen LogP) is 7.07. The highest BCUT2D eigenvalue weighted by atomic mass is 16.5. The van der Waals surface area contributed by atoms with E-state index in [1.54, 1.807) is 6.07 Å².